The summed E-state index contributed by atoms with van der Waals surface area (Å²) in [5.74, 6) is -1.46. The Morgan fingerprint density at radius 1 is 1.35 bits per heavy atom. The van der Waals surface area contributed by atoms with E-state index in [1.54, 1.807) is 20.9 Å². The zero-order valence-corrected chi connectivity index (χ0v) is 14.7. The molecule has 0 spiro atoms. The fraction of sp³-hybridized carbons (Fsp3) is 0.812. The van der Waals surface area contributed by atoms with Crippen molar-refractivity contribution in [1.82, 2.24) is 15.5 Å². The Morgan fingerprint density at radius 3 is 2.43 bits per heavy atom. The van der Waals surface area contributed by atoms with Crippen molar-refractivity contribution in [2.75, 3.05) is 13.6 Å². The maximum Gasteiger partial charge on any atom is 0.326 e. The maximum absolute atomic E-state index is 12.7. The second-order valence-corrected chi connectivity index (χ2v) is 6.76. The van der Waals surface area contributed by atoms with Crippen LogP contribution in [-0.2, 0) is 14.4 Å². The van der Waals surface area contributed by atoms with Gasteiger partial charge in [-0.1, -0.05) is 20.3 Å². The van der Waals surface area contributed by atoms with Crippen LogP contribution in [0.4, 0.5) is 0 Å². The van der Waals surface area contributed by atoms with Crippen LogP contribution in [0.15, 0.2) is 0 Å². The average molecular weight is 327 g/mol. The van der Waals surface area contributed by atoms with Gasteiger partial charge in [0.2, 0.25) is 11.8 Å². The van der Waals surface area contributed by atoms with Crippen molar-refractivity contribution in [3.63, 3.8) is 0 Å². The fourth-order valence-corrected chi connectivity index (χ4v) is 2.97. The molecule has 1 aliphatic rings. The molecular weight excluding hydrogens is 298 g/mol. The number of hydrogen-bond donors (Lipinski definition) is 3. The Morgan fingerprint density at radius 2 is 1.96 bits per heavy atom. The molecule has 2 amide bonds. The molecule has 1 rings (SSSR count). The summed E-state index contributed by atoms with van der Waals surface area (Å²) in [5.41, 5.74) is -1.14. The molecule has 23 heavy (non-hydrogen) atoms. The number of likely N-dealkylation sites (tertiary alicyclic amines) is 1. The summed E-state index contributed by atoms with van der Waals surface area (Å²) in [4.78, 5) is 37.8. The Bertz CT molecular complexity index is 464. The van der Waals surface area contributed by atoms with Crippen LogP contribution in [0.25, 0.3) is 0 Å². The van der Waals surface area contributed by atoms with E-state index in [1.807, 2.05) is 13.8 Å². The van der Waals surface area contributed by atoms with Crippen LogP contribution in [-0.4, -0.2) is 59.0 Å². The van der Waals surface area contributed by atoms with Gasteiger partial charge in [-0.15, -0.1) is 0 Å². The number of likely N-dealkylation sites (N-methyl/N-ethyl adjacent to an activating group) is 1. The molecule has 3 atom stereocenters. The Balaban J connectivity index is 2.83. The molecule has 0 unspecified atom stereocenters. The lowest BCUT2D eigenvalue weighted by molar-refractivity contribution is -0.151. The first-order valence-electron chi connectivity index (χ1n) is 8.18. The molecule has 0 aromatic carbocycles. The van der Waals surface area contributed by atoms with Crippen molar-refractivity contribution in [2.45, 2.75) is 64.6 Å². The van der Waals surface area contributed by atoms with Gasteiger partial charge in [0, 0.05) is 6.54 Å². The number of nitrogens with one attached hydrogen (secondary N) is 2. The molecule has 0 saturated carbocycles. The predicted octanol–water partition coefficient (Wildman–Crippen LogP) is 0.591. The van der Waals surface area contributed by atoms with Gasteiger partial charge < -0.3 is 20.6 Å². The first kappa shape index (κ1) is 19.4. The van der Waals surface area contributed by atoms with E-state index in [0.29, 0.717) is 19.4 Å². The molecule has 0 aliphatic carbocycles. The molecule has 0 aromatic heterocycles. The van der Waals surface area contributed by atoms with Crippen molar-refractivity contribution >= 4 is 17.8 Å². The smallest absolute Gasteiger partial charge is 0.326 e. The van der Waals surface area contributed by atoms with Gasteiger partial charge >= 0.3 is 5.97 Å². The zero-order valence-electron chi connectivity index (χ0n) is 14.7. The molecular formula is C16H29N3O4. The Kier molecular flexibility index (Phi) is 6.56. The minimum Gasteiger partial charge on any atom is -0.480 e. The molecule has 7 heteroatoms. The van der Waals surface area contributed by atoms with Crippen LogP contribution < -0.4 is 10.6 Å². The number of aliphatic carboxylic acids is 1. The van der Waals surface area contributed by atoms with Gasteiger partial charge in [-0.3, -0.25) is 9.59 Å². The lowest BCUT2D eigenvalue weighted by Crippen LogP contribution is -2.61. The van der Waals surface area contributed by atoms with Gasteiger partial charge in [0.05, 0.1) is 6.04 Å². The molecule has 1 saturated heterocycles. The summed E-state index contributed by atoms with van der Waals surface area (Å²) >= 11 is 0. The number of carboxylic acid groups (broad SMARTS) is 1. The van der Waals surface area contributed by atoms with Gasteiger partial charge in [0.15, 0.2) is 0 Å². The molecule has 1 heterocycles. The molecule has 0 radical (unpaired) electrons. The highest BCUT2D eigenvalue weighted by Crippen LogP contribution is 2.22. The molecule has 0 aromatic rings. The first-order chi connectivity index (χ1) is 10.7. The topological polar surface area (TPSA) is 98.7 Å². The van der Waals surface area contributed by atoms with E-state index in [0.717, 1.165) is 6.42 Å². The predicted molar refractivity (Wildman–Crippen MR) is 86.9 cm³/mol. The quantitative estimate of drug-likeness (QED) is 0.636. The van der Waals surface area contributed by atoms with Crippen LogP contribution in [0.3, 0.4) is 0 Å². The molecule has 3 N–H and O–H groups in total. The van der Waals surface area contributed by atoms with Crippen molar-refractivity contribution < 1.29 is 19.5 Å². The largest absolute Gasteiger partial charge is 0.480 e. The molecule has 1 aliphatic heterocycles. The van der Waals surface area contributed by atoms with Crippen LogP contribution in [0.5, 0.6) is 0 Å². The fourth-order valence-electron chi connectivity index (χ4n) is 2.97. The summed E-state index contributed by atoms with van der Waals surface area (Å²) in [6, 6.07) is -1.19. The van der Waals surface area contributed by atoms with Crippen LogP contribution in [0, 0.1) is 5.92 Å². The Hall–Kier alpha value is -1.63. The number of carboxylic acids is 1. The summed E-state index contributed by atoms with van der Waals surface area (Å²) in [6.07, 6.45) is 1.95. The third kappa shape index (κ3) is 4.43. The average Bonchev–Trinajstić information content (AvgIpc) is 2.95. The number of nitrogens with zero attached hydrogens (tertiary/aromatic N) is 1. The lowest BCUT2D eigenvalue weighted by atomic mass is 9.96. The van der Waals surface area contributed by atoms with E-state index in [2.05, 4.69) is 10.6 Å². The van der Waals surface area contributed by atoms with E-state index in [9.17, 15) is 19.5 Å². The number of amides is 2. The van der Waals surface area contributed by atoms with E-state index in [-0.39, 0.29) is 23.8 Å². The number of carbonyl (C=O) groups excluding carboxylic acids is 2. The SMILES string of the molecule is CC[C@H](C)[C@H](NC)C(=O)NC(C)(C)C(=O)N1CCC[C@H]1C(=O)O. The van der Waals surface area contributed by atoms with E-state index < -0.39 is 17.6 Å². The van der Waals surface area contributed by atoms with E-state index in [1.165, 1.54) is 4.90 Å². The van der Waals surface area contributed by atoms with Crippen molar-refractivity contribution in [3.05, 3.63) is 0 Å². The number of carbonyl (C=O) groups is 3. The van der Waals surface area contributed by atoms with Crippen molar-refractivity contribution in [2.24, 2.45) is 5.92 Å². The minimum atomic E-state index is -1.14. The Labute approximate surface area is 137 Å². The number of rotatable bonds is 7. The zero-order chi connectivity index (χ0) is 17.8. The summed E-state index contributed by atoms with van der Waals surface area (Å²) in [7, 11) is 1.71. The first-order valence-corrected chi connectivity index (χ1v) is 8.18. The molecule has 132 valence electrons. The van der Waals surface area contributed by atoms with Gasteiger partial charge in [0.1, 0.15) is 11.6 Å². The van der Waals surface area contributed by atoms with Crippen LogP contribution in [0.2, 0.25) is 0 Å². The number of hydrogen-bond acceptors (Lipinski definition) is 4. The highest BCUT2D eigenvalue weighted by atomic mass is 16.4. The van der Waals surface area contributed by atoms with Crippen LogP contribution in [0.1, 0.15) is 47.0 Å². The van der Waals surface area contributed by atoms with E-state index in [4.69, 9.17) is 0 Å². The third-order valence-corrected chi connectivity index (χ3v) is 4.58. The monoisotopic (exact) mass is 327 g/mol. The standard InChI is InChI=1S/C16H29N3O4/c1-6-10(2)12(17-5)13(20)18-16(3,4)15(23)19-9-7-8-11(19)14(21)22/h10-12,17H,6-9H2,1-5H3,(H,18,20)(H,21,22)/t10-,11-,12-/m0/s1. The van der Waals surface area contributed by atoms with Gasteiger partial charge in [-0.2, -0.15) is 0 Å². The van der Waals surface area contributed by atoms with Crippen LogP contribution >= 0.6 is 0 Å². The van der Waals surface area contributed by atoms with Crippen molar-refractivity contribution in [1.29, 1.82) is 0 Å². The highest BCUT2D eigenvalue weighted by Gasteiger charge is 2.42. The second kappa shape index (κ2) is 7.77. The normalized spacial score (nSPS) is 20.9. The van der Waals surface area contributed by atoms with Gasteiger partial charge in [0.25, 0.3) is 0 Å². The minimum absolute atomic E-state index is 0.129. The third-order valence-electron chi connectivity index (χ3n) is 4.58. The summed E-state index contributed by atoms with van der Waals surface area (Å²) < 4.78 is 0. The highest BCUT2D eigenvalue weighted by molar-refractivity contribution is 5.94. The molecule has 1 fully saturated rings. The van der Waals surface area contributed by atoms with Gasteiger partial charge in [-0.25, -0.2) is 4.79 Å². The summed E-state index contributed by atoms with van der Waals surface area (Å²) in [6.45, 7) is 7.62. The molecule has 0 bridgehead atoms. The van der Waals surface area contributed by atoms with Crippen molar-refractivity contribution in [3.8, 4) is 0 Å². The maximum atomic E-state index is 12.7. The molecule has 7 nitrogen and oxygen atoms in total. The lowest BCUT2D eigenvalue weighted by Gasteiger charge is -2.34. The van der Waals surface area contributed by atoms with Gasteiger partial charge in [-0.05, 0) is 39.7 Å². The van der Waals surface area contributed by atoms with E-state index >= 15 is 0 Å². The second-order valence-electron chi connectivity index (χ2n) is 6.76. The summed E-state index contributed by atoms with van der Waals surface area (Å²) in [5, 5.41) is 15.0.